The number of carbonyl (C=O) groups is 1. The predicted molar refractivity (Wildman–Crippen MR) is 103 cm³/mol. The molecule has 0 spiro atoms. The van der Waals surface area contributed by atoms with Gasteiger partial charge in [0, 0.05) is 22.8 Å². The Morgan fingerprint density at radius 1 is 1.12 bits per heavy atom. The minimum atomic E-state index is -3.27. The van der Waals surface area contributed by atoms with Crippen LogP contribution in [0.4, 0.5) is 21.9 Å². The van der Waals surface area contributed by atoms with Crippen molar-refractivity contribution < 1.29 is 13.2 Å². The van der Waals surface area contributed by atoms with E-state index in [2.05, 4.69) is 10.6 Å². The largest absolute Gasteiger partial charge is 0.323 e. The highest BCUT2D eigenvalue weighted by atomic mass is 32.2. The quantitative estimate of drug-likeness (QED) is 0.801. The average Bonchev–Trinajstić information content (AvgIpc) is 2.98. The van der Waals surface area contributed by atoms with Gasteiger partial charge in [0.25, 0.3) is 0 Å². The van der Waals surface area contributed by atoms with Gasteiger partial charge < -0.3 is 10.6 Å². The minimum Gasteiger partial charge on any atom is -0.308 e. The SMILES string of the molecule is CSc1cccc(NC(=O)Nc2ccc3c(c2)CCN3S(C)(=O)=O)c1. The smallest absolute Gasteiger partial charge is 0.308 e. The minimum absolute atomic E-state index is 0.337. The normalized spacial score (nSPS) is 13.4. The molecule has 3 rings (SSSR count). The molecule has 2 aromatic rings. The first-order valence-electron chi connectivity index (χ1n) is 7.69. The molecule has 2 N–H and O–H groups in total. The molecule has 0 bridgehead atoms. The van der Waals surface area contributed by atoms with Gasteiger partial charge in [-0.3, -0.25) is 4.31 Å². The summed E-state index contributed by atoms with van der Waals surface area (Å²) < 4.78 is 24.9. The van der Waals surface area contributed by atoms with E-state index in [9.17, 15) is 13.2 Å². The molecule has 1 heterocycles. The summed E-state index contributed by atoms with van der Waals surface area (Å²) in [5.41, 5.74) is 2.94. The Morgan fingerprint density at radius 3 is 2.52 bits per heavy atom. The molecular weight excluding hydrogens is 358 g/mol. The van der Waals surface area contributed by atoms with Crippen LogP contribution in [0.25, 0.3) is 0 Å². The van der Waals surface area contributed by atoms with Crippen molar-refractivity contribution in [1.29, 1.82) is 0 Å². The van der Waals surface area contributed by atoms with E-state index < -0.39 is 10.0 Å². The van der Waals surface area contributed by atoms with Crippen molar-refractivity contribution in [3.63, 3.8) is 0 Å². The zero-order chi connectivity index (χ0) is 18.0. The number of fused-ring (bicyclic) bond motifs is 1. The zero-order valence-electron chi connectivity index (χ0n) is 13.9. The van der Waals surface area contributed by atoms with Gasteiger partial charge in [0.05, 0.1) is 11.9 Å². The summed E-state index contributed by atoms with van der Waals surface area (Å²) in [6.45, 7) is 0.436. The molecule has 0 atom stereocenters. The second-order valence-corrected chi connectivity index (χ2v) is 8.53. The second kappa shape index (κ2) is 6.97. The van der Waals surface area contributed by atoms with Gasteiger partial charge in [0.2, 0.25) is 10.0 Å². The van der Waals surface area contributed by atoms with Gasteiger partial charge in [-0.15, -0.1) is 11.8 Å². The summed E-state index contributed by atoms with van der Waals surface area (Å²) in [5, 5.41) is 5.58. The Hall–Kier alpha value is -2.19. The average molecular weight is 377 g/mol. The molecule has 2 aromatic carbocycles. The van der Waals surface area contributed by atoms with Crippen LogP contribution in [0.1, 0.15) is 5.56 Å². The van der Waals surface area contributed by atoms with Crippen molar-refractivity contribution in [2.24, 2.45) is 0 Å². The van der Waals surface area contributed by atoms with Gasteiger partial charge in [0.1, 0.15) is 0 Å². The van der Waals surface area contributed by atoms with Crippen molar-refractivity contribution in [3.8, 4) is 0 Å². The zero-order valence-corrected chi connectivity index (χ0v) is 15.6. The van der Waals surface area contributed by atoms with Gasteiger partial charge in [-0.1, -0.05) is 6.07 Å². The van der Waals surface area contributed by atoms with Crippen molar-refractivity contribution in [2.45, 2.75) is 11.3 Å². The lowest BCUT2D eigenvalue weighted by atomic mass is 10.1. The number of amides is 2. The third kappa shape index (κ3) is 4.08. The molecule has 0 radical (unpaired) electrons. The molecule has 2 amide bonds. The number of sulfonamides is 1. The van der Waals surface area contributed by atoms with E-state index in [1.54, 1.807) is 23.9 Å². The molecule has 0 saturated heterocycles. The van der Waals surface area contributed by atoms with Crippen molar-refractivity contribution in [2.75, 3.05) is 34.0 Å². The third-order valence-electron chi connectivity index (χ3n) is 3.92. The molecule has 1 aliphatic rings. The number of hydrogen-bond acceptors (Lipinski definition) is 4. The van der Waals surface area contributed by atoms with Crippen LogP contribution in [0, 0.1) is 0 Å². The van der Waals surface area contributed by atoms with Crippen molar-refractivity contribution in [1.82, 2.24) is 0 Å². The van der Waals surface area contributed by atoms with Crippen LogP contribution in [0.5, 0.6) is 0 Å². The number of urea groups is 1. The summed E-state index contributed by atoms with van der Waals surface area (Å²) in [4.78, 5) is 13.2. The number of rotatable bonds is 4. The molecule has 0 aliphatic carbocycles. The lowest BCUT2D eigenvalue weighted by Crippen LogP contribution is -2.27. The Bertz CT molecular complexity index is 913. The first kappa shape index (κ1) is 17.6. The highest BCUT2D eigenvalue weighted by molar-refractivity contribution is 7.98. The van der Waals surface area contributed by atoms with Crippen LogP contribution >= 0.6 is 11.8 Å². The highest BCUT2D eigenvalue weighted by Gasteiger charge is 2.26. The standard InChI is InChI=1S/C17H19N3O3S2/c1-24-15-5-3-4-13(11-15)18-17(21)19-14-6-7-16-12(10-14)8-9-20(16)25(2,22)23/h3-7,10-11H,8-9H2,1-2H3,(H2,18,19,21). The number of nitrogens with one attached hydrogen (secondary N) is 2. The highest BCUT2D eigenvalue weighted by Crippen LogP contribution is 2.32. The Kier molecular flexibility index (Phi) is 4.91. The lowest BCUT2D eigenvalue weighted by molar-refractivity contribution is 0.262. The summed E-state index contributed by atoms with van der Waals surface area (Å²) >= 11 is 1.60. The molecule has 0 saturated carbocycles. The van der Waals surface area contributed by atoms with Crippen LogP contribution in [0.3, 0.4) is 0 Å². The Labute approximate surface area is 151 Å². The van der Waals surface area contributed by atoms with E-state index in [0.29, 0.717) is 30.0 Å². The van der Waals surface area contributed by atoms with Gasteiger partial charge in [-0.25, -0.2) is 13.2 Å². The molecule has 6 nitrogen and oxygen atoms in total. The van der Waals surface area contributed by atoms with E-state index in [4.69, 9.17) is 0 Å². The lowest BCUT2D eigenvalue weighted by Gasteiger charge is -2.16. The fourth-order valence-electron chi connectivity index (χ4n) is 2.79. The first-order chi connectivity index (χ1) is 11.9. The van der Waals surface area contributed by atoms with Gasteiger partial charge in [-0.2, -0.15) is 0 Å². The van der Waals surface area contributed by atoms with Gasteiger partial charge in [-0.05, 0) is 54.6 Å². The van der Waals surface area contributed by atoms with E-state index in [1.165, 1.54) is 10.6 Å². The van der Waals surface area contributed by atoms with E-state index >= 15 is 0 Å². The van der Waals surface area contributed by atoms with E-state index in [1.807, 2.05) is 36.6 Å². The molecule has 0 aromatic heterocycles. The predicted octanol–water partition coefficient (Wildman–Crippen LogP) is 3.37. The summed E-state index contributed by atoms with van der Waals surface area (Å²) in [5.74, 6) is 0. The maximum Gasteiger partial charge on any atom is 0.323 e. The molecule has 132 valence electrons. The fraction of sp³-hybridized carbons (Fsp3) is 0.235. The number of carbonyl (C=O) groups excluding carboxylic acids is 1. The molecule has 1 aliphatic heterocycles. The number of hydrogen-bond donors (Lipinski definition) is 2. The van der Waals surface area contributed by atoms with Crippen LogP contribution < -0.4 is 14.9 Å². The van der Waals surface area contributed by atoms with Crippen molar-refractivity contribution in [3.05, 3.63) is 48.0 Å². The summed E-state index contributed by atoms with van der Waals surface area (Å²) in [6, 6.07) is 12.5. The fourth-order valence-corrected chi connectivity index (χ4v) is 4.21. The maximum absolute atomic E-state index is 12.2. The third-order valence-corrected chi connectivity index (χ3v) is 5.82. The molecule has 0 fully saturated rings. The molecule has 25 heavy (non-hydrogen) atoms. The van der Waals surface area contributed by atoms with Crippen LogP contribution in [0.2, 0.25) is 0 Å². The van der Waals surface area contributed by atoms with Crippen LogP contribution in [0.15, 0.2) is 47.4 Å². The van der Waals surface area contributed by atoms with Crippen LogP contribution in [-0.2, 0) is 16.4 Å². The summed E-state index contributed by atoms with van der Waals surface area (Å²) in [7, 11) is -3.27. The maximum atomic E-state index is 12.2. The number of anilines is 3. The van der Waals surface area contributed by atoms with E-state index in [0.717, 1.165) is 10.5 Å². The van der Waals surface area contributed by atoms with Gasteiger partial charge in [0.15, 0.2) is 0 Å². The second-order valence-electron chi connectivity index (χ2n) is 5.74. The number of nitrogens with zero attached hydrogens (tertiary/aromatic N) is 1. The molecule has 8 heteroatoms. The van der Waals surface area contributed by atoms with Crippen molar-refractivity contribution >= 4 is 44.9 Å². The Morgan fingerprint density at radius 2 is 1.84 bits per heavy atom. The van der Waals surface area contributed by atoms with Gasteiger partial charge >= 0.3 is 6.03 Å². The summed E-state index contributed by atoms with van der Waals surface area (Å²) in [6.07, 6.45) is 3.81. The van der Waals surface area contributed by atoms with Crippen LogP contribution in [-0.4, -0.2) is 33.5 Å². The molecule has 0 unspecified atom stereocenters. The monoisotopic (exact) mass is 377 g/mol. The topological polar surface area (TPSA) is 78.5 Å². The molecular formula is C17H19N3O3S2. The Balaban J connectivity index is 1.70. The van der Waals surface area contributed by atoms with E-state index in [-0.39, 0.29) is 6.03 Å². The first-order valence-corrected chi connectivity index (χ1v) is 10.8. The number of thioether (sulfide) groups is 1. The number of benzene rings is 2.